The summed E-state index contributed by atoms with van der Waals surface area (Å²) in [7, 11) is 1.43. The number of rotatable bonds is 7. The van der Waals surface area contributed by atoms with Crippen LogP contribution in [0.2, 0.25) is 0 Å². The molecule has 0 saturated heterocycles. The first-order valence-corrected chi connectivity index (χ1v) is 6.62. The van der Waals surface area contributed by atoms with E-state index in [1.165, 1.54) is 7.11 Å². The van der Waals surface area contributed by atoms with E-state index in [2.05, 4.69) is 5.32 Å². The topological polar surface area (TPSA) is 75.6 Å². The fraction of sp³-hybridized carbons (Fsp3) is 0.467. The summed E-state index contributed by atoms with van der Waals surface area (Å²) in [4.78, 5) is 23.4. The van der Waals surface area contributed by atoms with Crippen LogP contribution in [0.15, 0.2) is 30.3 Å². The second-order valence-corrected chi connectivity index (χ2v) is 4.74. The molecule has 0 aliphatic carbocycles. The van der Waals surface area contributed by atoms with Crippen LogP contribution in [0.1, 0.15) is 31.9 Å². The van der Waals surface area contributed by atoms with Gasteiger partial charge in [-0.05, 0) is 11.5 Å². The van der Waals surface area contributed by atoms with Crippen LogP contribution in [0.25, 0.3) is 0 Å². The van der Waals surface area contributed by atoms with Crippen LogP contribution >= 0.6 is 0 Å². The molecule has 0 radical (unpaired) electrons. The molecule has 1 rings (SSSR count). The van der Waals surface area contributed by atoms with Gasteiger partial charge in [-0.1, -0.05) is 50.6 Å². The Balaban J connectivity index is 2.84. The zero-order valence-corrected chi connectivity index (χ0v) is 12.0. The summed E-state index contributed by atoms with van der Waals surface area (Å²) in [6.45, 7) is 3.68. The molecule has 0 aromatic heterocycles. The first kappa shape index (κ1) is 16.2. The maximum Gasteiger partial charge on any atom is 0.326 e. The van der Waals surface area contributed by atoms with Crippen LogP contribution in [0.3, 0.4) is 0 Å². The zero-order chi connectivity index (χ0) is 15.1. The molecular weight excluding hydrogens is 258 g/mol. The minimum Gasteiger partial charge on any atom is -0.480 e. The molecule has 1 aromatic rings. The predicted octanol–water partition coefficient (Wildman–Crippen LogP) is 1.99. The first-order chi connectivity index (χ1) is 9.51. The van der Waals surface area contributed by atoms with E-state index < -0.39 is 24.0 Å². The van der Waals surface area contributed by atoms with Gasteiger partial charge in [0.2, 0.25) is 0 Å². The fourth-order valence-corrected chi connectivity index (χ4v) is 1.93. The van der Waals surface area contributed by atoms with E-state index in [0.29, 0.717) is 12.0 Å². The van der Waals surface area contributed by atoms with Crippen molar-refractivity contribution in [3.63, 3.8) is 0 Å². The molecule has 0 spiro atoms. The van der Waals surface area contributed by atoms with Crippen molar-refractivity contribution < 1.29 is 19.4 Å². The van der Waals surface area contributed by atoms with Crippen LogP contribution < -0.4 is 5.32 Å². The lowest BCUT2D eigenvalue weighted by molar-refractivity contribution is -0.145. The van der Waals surface area contributed by atoms with Crippen molar-refractivity contribution in [3.05, 3.63) is 35.9 Å². The lowest BCUT2D eigenvalue weighted by Crippen LogP contribution is -2.47. The van der Waals surface area contributed by atoms with E-state index in [4.69, 9.17) is 4.74 Å². The quantitative estimate of drug-likeness (QED) is 0.800. The number of aliphatic carboxylic acids is 1. The molecule has 0 saturated carbocycles. The van der Waals surface area contributed by atoms with Gasteiger partial charge in [-0.25, -0.2) is 4.79 Å². The first-order valence-electron chi connectivity index (χ1n) is 6.62. The summed E-state index contributed by atoms with van der Waals surface area (Å²) < 4.78 is 5.19. The number of carbonyl (C=O) groups is 2. The Morgan fingerprint density at radius 1 is 1.30 bits per heavy atom. The monoisotopic (exact) mass is 279 g/mol. The van der Waals surface area contributed by atoms with E-state index >= 15 is 0 Å². The Morgan fingerprint density at radius 3 is 2.35 bits per heavy atom. The third-order valence-corrected chi connectivity index (χ3v) is 3.35. The summed E-state index contributed by atoms with van der Waals surface area (Å²) in [6, 6.07) is 8.08. The standard InChI is InChI=1S/C15H21NO4/c1-4-10(2)12(15(18)19)16-14(17)13(20-3)11-8-6-5-7-9-11/h5-10,12-13H,4H2,1-3H3,(H,16,17)(H,18,19)/t10-,12-,13-/m0/s1. The van der Waals surface area contributed by atoms with Crippen LogP contribution in [0.5, 0.6) is 0 Å². The van der Waals surface area contributed by atoms with Crippen molar-refractivity contribution >= 4 is 11.9 Å². The van der Waals surface area contributed by atoms with Gasteiger partial charge < -0.3 is 15.2 Å². The van der Waals surface area contributed by atoms with E-state index in [1.54, 1.807) is 31.2 Å². The minimum atomic E-state index is -1.03. The van der Waals surface area contributed by atoms with Crippen LogP contribution in [0.4, 0.5) is 0 Å². The van der Waals surface area contributed by atoms with Gasteiger partial charge >= 0.3 is 5.97 Å². The molecular formula is C15H21NO4. The second-order valence-electron chi connectivity index (χ2n) is 4.74. The van der Waals surface area contributed by atoms with Crippen LogP contribution in [-0.4, -0.2) is 30.1 Å². The minimum absolute atomic E-state index is 0.148. The number of carboxylic acids is 1. The highest BCUT2D eigenvalue weighted by Crippen LogP contribution is 2.17. The Labute approximate surface area is 118 Å². The van der Waals surface area contributed by atoms with Crippen molar-refractivity contribution in [2.45, 2.75) is 32.4 Å². The van der Waals surface area contributed by atoms with Gasteiger partial charge in [-0.3, -0.25) is 4.79 Å². The summed E-state index contributed by atoms with van der Waals surface area (Å²) >= 11 is 0. The smallest absolute Gasteiger partial charge is 0.326 e. The summed E-state index contributed by atoms with van der Waals surface area (Å²) in [5.74, 6) is -1.62. The number of carbonyl (C=O) groups excluding carboxylic acids is 1. The summed E-state index contributed by atoms with van der Waals surface area (Å²) in [5, 5.41) is 11.7. The van der Waals surface area contributed by atoms with Gasteiger partial charge in [-0.2, -0.15) is 0 Å². The van der Waals surface area contributed by atoms with Gasteiger partial charge in [0.05, 0.1) is 0 Å². The number of benzene rings is 1. The third kappa shape index (κ3) is 4.06. The molecule has 0 heterocycles. The normalized spacial score (nSPS) is 15.2. The highest BCUT2D eigenvalue weighted by Gasteiger charge is 2.29. The average Bonchev–Trinajstić information content (AvgIpc) is 2.45. The summed E-state index contributed by atoms with van der Waals surface area (Å²) in [5.41, 5.74) is 0.695. The molecule has 1 aromatic carbocycles. The van der Waals surface area contributed by atoms with Crippen molar-refractivity contribution in [1.29, 1.82) is 0 Å². The predicted molar refractivity (Wildman–Crippen MR) is 75.2 cm³/mol. The lowest BCUT2D eigenvalue weighted by Gasteiger charge is -2.23. The molecule has 3 atom stereocenters. The van der Waals surface area contributed by atoms with Gasteiger partial charge in [-0.15, -0.1) is 0 Å². The van der Waals surface area contributed by atoms with Crippen molar-refractivity contribution in [2.24, 2.45) is 5.92 Å². The molecule has 0 unspecified atom stereocenters. The third-order valence-electron chi connectivity index (χ3n) is 3.35. The van der Waals surface area contributed by atoms with Gasteiger partial charge in [0, 0.05) is 7.11 Å². The van der Waals surface area contributed by atoms with E-state index in [0.717, 1.165) is 0 Å². The summed E-state index contributed by atoms with van der Waals surface area (Å²) in [6.07, 6.45) is -0.137. The Kier molecular flexibility index (Phi) is 6.18. The molecule has 5 heteroatoms. The van der Waals surface area contributed by atoms with E-state index in [9.17, 15) is 14.7 Å². The van der Waals surface area contributed by atoms with Crippen LogP contribution in [0, 0.1) is 5.92 Å². The largest absolute Gasteiger partial charge is 0.480 e. The maximum atomic E-state index is 12.2. The zero-order valence-electron chi connectivity index (χ0n) is 12.0. The number of carboxylic acid groups (broad SMARTS) is 1. The van der Waals surface area contributed by atoms with Gasteiger partial charge in [0.15, 0.2) is 6.10 Å². The molecule has 0 bridgehead atoms. The SMILES string of the molecule is CC[C@H](C)[C@H](NC(=O)[C@@H](OC)c1ccccc1)C(=O)O. The highest BCUT2D eigenvalue weighted by molar-refractivity contribution is 5.87. The molecule has 2 N–H and O–H groups in total. The molecule has 5 nitrogen and oxygen atoms in total. The highest BCUT2D eigenvalue weighted by atomic mass is 16.5. The number of nitrogens with one attached hydrogen (secondary N) is 1. The second kappa shape index (κ2) is 7.65. The van der Waals surface area contributed by atoms with Crippen molar-refractivity contribution in [2.75, 3.05) is 7.11 Å². The number of methoxy groups -OCH3 is 1. The lowest BCUT2D eigenvalue weighted by atomic mass is 9.98. The number of hydrogen-bond donors (Lipinski definition) is 2. The maximum absolute atomic E-state index is 12.2. The Hall–Kier alpha value is -1.88. The van der Waals surface area contributed by atoms with Crippen molar-refractivity contribution in [1.82, 2.24) is 5.32 Å². The molecule has 0 fully saturated rings. The fourth-order valence-electron chi connectivity index (χ4n) is 1.93. The number of amides is 1. The molecule has 1 amide bonds. The molecule has 0 aliphatic rings. The molecule has 0 aliphatic heterocycles. The number of ether oxygens (including phenoxy) is 1. The number of hydrogen-bond acceptors (Lipinski definition) is 3. The van der Waals surface area contributed by atoms with E-state index in [1.807, 2.05) is 13.0 Å². The average molecular weight is 279 g/mol. The van der Waals surface area contributed by atoms with Crippen molar-refractivity contribution in [3.8, 4) is 0 Å². The van der Waals surface area contributed by atoms with Gasteiger partial charge in [0.25, 0.3) is 5.91 Å². The Morgan fingerprint density at radius 2 is 1.90 bits per heavy atom. The van der Waals surface area contributed by atoms with Gasteiger partial charge in [0.1, 0.15) is 6.04 Å². The molecule has 20 heavy (non-hydrogen) atoms. The van der Waals surface area contributed by atoms with Crippen LogP contribution in [-0.2, 0) is 14.3 Å². The molecule has 110 valence electrons. The van der Waals surface area contributed by atoms with E-state index in [-0.39, 0.29) is 5.92 Å². The Bertz CT molecular complexity index is 446.